The van der Waals surface area contributed by atoms with Crippen molar-refractivity contribution in [3.05, 3.63) is 54.1 Å². The maximum atomic E-state index is 11.9. The Morgan fingerprint density at radius 2 is 1.83 bits per heavy atom. The van der Waals surface area contributed by atoms with Crippen molar-refractivity contribution in [2.24, 2.45) is 0 Å². The number of aromatic hydroxyl groups is 2. The first-order valence-corrected chi connectivity index (χ1v) is 6.89. The number of carbonyl (C=O) groups excluding carboxylic acids is 2. The van der Waals surface area contributed by atoms with Gasteiger partial charge < -0.3 is 19.7 Å². The molecule has 0 saturated carbocycles. The maximum Gasteiger partial charge on any atom is 0.303 e. The number of para-hydroxylation sites is 1. The summed E-state index contributed by atoms with van der Waals surface area (Å²) in [5.74, 6) is -0.523. The Labute approximate surface area is 132 Å². The van der Waals surface area contributed by atoms with Crippen LogP contribution in [0.2, 0.25) is 0 Å². The van der Waals surface area contributed by atoms with Gasteiger partial charge in [0, 0.05) is 6.92 Å². The van der Waals surface area contributed by atoms with Gasteiger partial charge in [0.2, 0.25) is 5.78 Å². The van der Waals surface area contributed by atoms with Crippen LogP contribution in [-0.2, 0) is 9.53 Å². The SMILES string of the molecule is CC(=O)OC1COc2cccc(O)c2C1=O.Oc1ccccc1. The van der Waals surface area contributed by atoms with E-state index in [4.69, 9.17) is 14.6 Å². The minimum atomic E-state index is -0.974. The van der Waals surface area contributed by atoms with Gasteiger partial charge in [0.1, 0.15) is 29.4 Å². The Bertz CT molecular complexity index is 695. The Morgan fingerprint density at radius 1 is 1.13 bits per heavy atom. The van der Waals surface area contributed by atoms with Gasteiger partial charge in [0.05, 0.1) is 0 Å². The number of fused-ring (bicyclic) bond motifs is 1. The van der Waals surface area contributed by atoms with Crippen LogP contribution in [0.4, 0.5) is 0 Å². The van der Waals surface area contributed by atoms with Crippen LogP contribution >= 0.6 is 0 Å². The number of ether oxygens (including phenoxy) is 2. The van der Waals surface area contributed by atoms with Gasteiger partial charge in [-0.25, -0.2) is 0 Å². The molecule has 23 heavy (non-hydrogen) atoms. The molecule has 1 aliphatic heterocycles. The van der Waals surface area contributed by atoms with Gasteiger partial charge in [-0.2, -0.15) is 0 Å². The standard InChI is InChI=1S/C11H10O5.C6H6O/c1-6(12)16-9-5-15-8-4-2-3-7(13)10(8)11(9)14;7-6-4-2-1-3-5-6/h2-4,9,13H,5H2,1H3;1-5,7H. The highest BCUT2D eigenvalue weighted by Crippen LogP contribution is 2.32. The number of phenolic OH excluding ortho intramolecular Hbond substituents is 2. The van der Waals surface area contributed by atoms with Crippen molar-refractivity contribution in [2.45, 2.75) is 13.0 Å². The number of rotatable bonds is 1. The lowest BCUT2D eigenvalue weighted by atomic mass is 10.0. The van der Waals surface area contributed by atoms with Gasteiger partial charge in [-0.3, -0.25) is 9.59 Å². The van der Waals surface area contributed by atoms with Crippen molar-refractivity contribution < 1.29 is 29.3 Å². The van der Waals surface area contributed by atoms with E-state index in [0.717, 1.165) is 0 Å². The van der Waals surface area contributed by atoms with E-state index in [9.17, 15) is 14.7 Å². The molecule has 3 rings (SSSR count). The van der Waals surface area contributed by atoms with E-state index in [1.54, 1.807) is 36.4 Å². The van der Waals surface area contributed by atoms with Gasteiger partial charge in [-0.05, 0) is 24.3 Å². The third-order valence-corrected chi connectivity index (χ3v) is 3.00. The molecule has 1 unspecified atom stereocenters. The van der Waals surface area contributed by atoms with E-state index in [1.807, 2.05) is 6.07 Å². The molecule has 0 bridgehead atoms. The van der Waals surface area contributed by atoms with Crippen LogP contribution in [0, 0.1) is 0 Å². The van der Waals surface area contributed by atoms with Crippen molar-refractivity contribution >= 4 is 11.8 Å². The molecule has 0 radical (unpaired) electrons. The number of benzene rings is 2. The zero-order valence-electron chi connectivity index (χ0n) is 12.4. The highest BCUT2D eigenvalue weighted by atomic mass is 16.6. The molecule has 0 aromatic heterocycles. The molecule has 120 valence electrons. The molecule has 6 nitrogen and oxygen atoms in total. The number of Topliss-reactive ketones (excluding diaryl/α,β-unsaturated/α-hetero) is 1. The number of esters is 1. The summed E-state index contributed by atoms with van der Waals surface area (Å²) in [7, 11) is 0. The van der Waals surface area contributed by atoms with Crippen molar-refractivity contribution in [3.8, 4) is 17.2 Å². The summed E-state index contributed by atoms with van der Waals surface area (Å²) < 4.78 is 10.0. The van der Waals surface area contributed by atoms with Crippen LogP contribution in [0.3, 0.4) is 0 Å². The van der Waals surface area contributed by atoms with Gasteiger partial charge in [0.15, 0.2) is 6.10 Å². The molecule has 1 aliphatic rings. The molecule has 1 atom stereocenters. The van der Waals surface area contributed by atoms with E-state index in [1.165, 1.54) is 13.0 Å². The summed E-state index contributed by atoms with van der Waals surface area (Å²) in [5, 5.41) is 18.2. The molecule has 6 heteroatoms. The van der Waals surface area contributed by atoms with Crippen LogP contribution < -0.4 is 4.74 Å². The molecule has 0 spiro atoms. The summed E-state index contributed by atoms with van der Waals surface area (Å²) in [4.78, 5) is 22.6. The fourth-order valence-electron chi connectivity index (χ4n) is 2.01. The van der Waals surface area contributed by atoms with Gasteiger partial charge in [0.25, 0.3) is 0 Å². The molecule has 2 aromatic rings. The molecule has 0 saturated heterocycles. The Hall–Kier alpha value is -3.02. The van der Waals surface area contributed by atoms with Crippen LogP contribution in [0.25, 0.3) is 0 Å². The third-order valence-electron chi connectivity index (χ3n) is 3.00. The molecule has 2 N–H and O–H groups in total. The first-order valence-electron chi connectivity index (χ1n) is 6.89. The van der Waals surface area contributed by atoms with Crippen molar-refractivity contribution in [2.75, 3.05) is 6.61 Å². The monoisotopic (exact) mass is 316 g/mol. The highest BCUT2D eigenvalue weighted by molar-refractivity contribution is 6.05. The smallest absolute Gasteiger partial charge is 0.303 e. The van der Waals surface area contributed by atoms with Gasteiger partial charge in [-0.1, -0.05) is 24.3 Å². The van der Waals surface area contributed by atoms with Crippen LogP contribution in [0.15, 0.2) is 48.5 Å². The Kier molecular flexibility index (Phi) is 5.19. The van der Waals surface area contributed by atoms with Crippen molar-refractivity contribution in [1.82, 2.24) is 0 Å². The molecule has 0 fully saturated rings. The number of hydrogen-bond acceptors (Lipinski definition) is 6. The third kappa shape index (κ3) is 4.23. The Morgan fingerprint density at radius 3 is 2.39 bits per heavy atom. The summed E-state index contributed by atoms with van der Waals surface area (Å²) in [6.07, 6.45) is -0.974. The summed E-state index contributed by atoms with van der Waals surface area (Å²) in [5.41, 5.74) is 0.0694. The van der Waals surface area contributed by atoms with E-state index >= 15 is 0 Å². The lowest BCUT2D eigenvalue weighted by Gasteiger charge is -2.23. The van der Waals surface area contributed by atoms with Gasteiger partial charge in [-0.15, -0.1) is 0 Å². The number of carbonyl (C=O) groups is 2. The van der Waals surface area contributed by atoms with E-state index in [2.05, 4.69) is 0 Å². The zero-order chi connectivity index (χ0) is 16.8. The number of ketones is 1. The predicted octanol–water partition coefficient (Wildman–Crippen LogP) is 2.29. The number of hydrogen-bond donors (Lipinski definition) is 2. The average Bonchev–Trinajstić information content (AvgIpc) is 2.51. The normalized spacial score (nSPS) is 15.5. The first-order chi connectivity index (χ1) is 11.0. The van der Waals surface area contributed by atoms with E-state index < -0.39 is 17.9 Å². The van der Waals surface area contributed by atoms with E-state index in [0.29, 0.717) is 11.5 Å². The molecular weight excluding hydrogens is 300 g/mol. The summed E-state index contributed by atoms with van der Waals surface area (Å²) in [6.45, 7) is 1.20. The lowest BCUT2D eigenvalue weighted by Crippen LogP contribution is -2.36. The minimum absolute atomic E-state index is 0.0190. The minimum Gasteiger partial charge on any atom is -0.508 e. The average molecular weight is 316 g/mol. The fourth-order valence-corrected chi connectivity index (χ4v) is 2.01. The number of phenols is 2. The summed E-state index contributed by atoms with van der Waals surface area (Å²) >= 11 is 0. The highest BCUT2D eigenvalue weighted by Gasteiger charge is 2.33. The maximum absolute atomic E-state index is 11.9. The van der Waals surface area contributed by atoms with Crippen molar-refractivity contribution in [3.63, 3.8) is 0 Å². The summed E-state index contributed by atoms with van der Waals surface area (Å²) in [6, 6.07) is 13.3. The quantitative estimate of drug-likeness (QED) is 0.784. The molecule has 1 heterocycles. The molecule has 0 amide bonds. The molecule has 2 aromatic carbocycles. The lowest BCUT2D eigenvalue weighted by molar-refractivity contribution is -0.145. The second-order valence-corrected chi connectivity index (χ2v) is 4.76. The largest absolute Gasteiger partial charge is 0.508 e. The first kappa shape index (κ1) is 16.4. The van der Waals surface area contributed by atoms with Crippen LogP contribution in [-0.4, -0.2) is 34.7 Å². The molecule has 0 aliphatic carbocycles. The van der Waals surface area contributed by atoms with Crippen LogP contribution in [0.5, 0.6) is 17.2 Å². The second-order valence-electron chi connectivity index (χ2n) is 4.76. The Balaban J connectivity index is 0.000000229. The van der Waals surface area contributed by atoms with E-state index in [-0.39, 0.29) is 17.9 Å². The van der Waals surface area contributed by atoms with Crippen LogP contribution in [0.1, 0.15) is 17.3 Å². The fraction of sp³-hybridized carbons (Fsp3) is 0.176. The predicted molar refractivity (Wildman–Crippen MR) is 81.6 cm³/mol. The second kappa shape index (κ2) is 7.31. The zero-order valence-corrected chi connectivity index (χ0v) is 12.4. The topological polar surface area (TPSA) is 93.1 Å². The van der Waals surface area contributed by atoms with Crippen molar-refractivity contribution in [1.29, 1.82) is 0 Å². The van der Waals surface area contributed by atoms with Gasteiger partial charge >= 0.3 is 5.97 Å². The molecular formula is C17H16O6.